The molecule has 1 unspecified atom stereocenters. The fraction of sp³-hybridized carbons (Fsp3) is 0.833. The Morgan fingerprint density at radius 1 is 1.78 bits per heavy atom. The molecule has 0 aliphatic heterocycles. The molecule has 0 spiro atoms. The Kier molecular flexibility index (Phi) is 2.98. The zero-order chi connectivity index (χ0) is 7.49. The Hall–Kier alpha value is -0.240. The van der Waals surface area contributed by atoms with Gasteiger partial charge in [0.15, 0.2) is 0 Å². The number of primary amides is 1. The minimum absolute atomic E-state index is 0.439. The molecule has 0 radical (unpaired) electrons. The van der Waals surface area contributed by atoms with Crippen molar-refractivity contribution in [2.24, 2.45) is 5.73 Å². The SMILES string of the molecule is CCCC(C)(Cl)C(N)=O. The molecule has 54 valence electrons. The van der Waals surface area contributed by atoms with E-state index in [9.17, 15) is 4.79 Å². The lowest BCUT2D eigenvalue weighted by atomic mass is 10.1. The Morgan fingerprint density at radius 2 is 2.22 bits per heavy atom. The number of hydrogen-bond donors (Lipinski definition) is 1. The van der Waals surface area contributed by atoms with Gasteiger partial charge in [-0.05, 0) is 13.3 Å². The molecule has 0 fully saturated rings. The van der Waals surface area contributed by atoms with E-state index in [1.54, 1.807) is 6.92 Å². The van der Waals surface area contributed by atoms with Crippen molar-refractivity contribution in [3.8, 4) is 0 Å². The molecule has 0 saturated heterocycles. The van der Waals surface area contributed by atoms with Gasteiger partial charge in [-0.1, -0.05) is 13.3 Å². The minimum Gasteiger partial charge on any atom is -0.368 e. The van der Waals surface area contributed by atoms with Crippen LogP contribution in [0.1, 0.15) is 26.7 Å². The Bertz CT molecular complexity index is 112. The third kappa shape index (κ3) is 2.70. The van der Waals surface area contributed by atoms with Gasteiger partial charge < -0.3 is 5.73 Å². The van der Waals surface area contributed by atoms with Gasteiger partial charge in [-0.15, -0.1) is 11.6 Å². The van der Waals surface area contributed by atoms with Crippen molar-refractivity contribution in [1.82, 2.24) is 0 Å². The number of carbonyl (C=O) groups is 1. The fourth-order valence-corrected chi connectivity index (χ4v) is 0.782. The first-order valence-corrected chi connectivity index (χ1v) is 3.37. The first-order chi connectivity index (χ1) is 4.00. The summed E-state index contributed by atoms with van der Waals surface area (Å²) in [7, 11) is 0. The normalized spacial score (nSPS) is 16.8. The van der Waals surface area contributed by atoms with Crippen molar-refractivity contribution in [3.05, 3.63) is 0 Å². The molecule has 2 N–H and O–H groups in total. The maximum absolute atomic E-state index is 10.5. The Balaban J connectivity index is 3.85. The van der Waals surface area contributed by atoms with E-state index in [1.807, 2.05) is 6.92 Å². The predicted molar refractivity (Wildman–Crippen MR) is 38.4 cm³/mol. The monoisotopic (exact) mass is 149 g/mol. The zero-order valence-corrected chi connectivity index (χ0v) is 6.53. The quantitative estimate of drug-likeness (QED) is 0.604. The second-order valence-corrected chi connectivity index (χ2v) is 3.15. The average Bonchev–Trinajstić information content (AvgIpc) is 1.65. The van der Waals surface area contributed by atoms with Gasteiger partial charge >= 0.3 is 0 Å². The smallest absolute Gasteiger partial charge is 0.238 e. The summed E-state index contributed by atoms with van der Waals surface area (Å²) < 4.78 is 0. The van der Waals surface area contributed by atoms with E-state index in [0.717, 1.165) is 6.42 Å². The minimum atomic E-state index is -0.839. The lowest BCUT2D eigenvalue weighted by Crippen LogP contribution is -2.35. The average molecular weight is 150 g/mol. The summed E-state index contributed by atoms with van der Waals surface area (Å²) in [4.78, 5) is 9.66. The summed E-state index contributed by atoms with van der Waals surface area (Å²) in [5.74, 6) is -0.439. The largest absolute Gasteiger partial charge is 0.368 e. The van der Waals surface area contributed by atoms with E-state index < -0.39 is 10.8 Å². The van der Waals surface area contributed by atoms with Crippen LogP contribution in [0.3, 0.4) is 0 Å². The van der Waals surface area contributed by atoms with Crippen molar-refractivity contribution in [2.75, 3.05) is 0 Å². The molecule has 2 nitrogen and oxygen atoms in total. The predicted octanol–water partition coefficient (Wildman–Crippen LogP) is 1.27. The van der Waals surface area contributed by atoms with Gasteiger partial charge in [-0.3, -0.25) is 4.79 Å². The van der Waals surface area contributed by atoms with Crippen LogP contribution in [0.25, 0.3) is 0 Å². The van der Waals surface area contributed by atoms with Crippen molar-refractivity contribution >= 4 is 17.5 Å². The maximum Gasteiger partial charge on any atom is 0.238 e. The first-order valence-electron chi connectivity index (χ1n) is 2.99. The second kappa shape index (κ2) is 3.06. The van der Waals surface area contributed by atoms with Crippen molar-refractivity contribution in [3.63, 3.8) is 0 Å². The fourth-order valence-electron chi connectivity index (χ4n) is 0.593. The number of halogens is 1. The number of nitrogens with two attached hydrogens (primary N) is 1. The van der Waals surface area contributed by atoms with E-state index in [-0.39, 0.29) is 0 Å². The molecular weight excluding hydrogens is 138 g/mol. The van der Waals surface area contributed by atoms with Gasteiger partial charge in [0.05, 0.1) is 0 Å². The summed E-state index contributed by atoms with van der Waals surface area (Å²) >= 11 is 5.70. The van der Waals surface area contributed by atoms with Gasteiger partial charge in [0, 0.05) is 0 Å². The molecule has 0 aliphatic rings. The number of rotatable bonds is 3. The highest BCUT2D eigenvalue weighted by molar-refractivity contribution is 6.34. The standard InChI is InChI=1S/C6H12ClNO/c1-3-4-6(2,7)5(8)9/h3-4H2,1-2H3,(H2,8,9). The molecule has 9 heavy (non-hydrogen) atoms. The second-order valence-electron chi connectivity index (χ2n) is 2.31. The Labute approximate surface area is 60.4 Å². The molecule has 3 heteroatoms. The van der Waals surface area contributed by atoms with Gasteiger partial charge in [0.2, 0.25) is 5.91 Å². The molecule has 1 atom stereocenters. The van der Waals surface area contributed by atoms with E-state index in [4.69, 9.17) is 17.3 Å². The number of hydrogen-bond acceptors (Lipinski definition) is 1. The molecule has 0 bridgehead atoms. The summed E-state index contributed by atoms with van der Waals surface area (Å²) in [5.41, 5.74) is 4.99. The third-order valence-electron chi connectivity index (χ3n) is 1.23. The van der Waals surface area contributed by atoms with Crippen molar-refractivity contribution in [2.45, 2.75) is 31.6 Å². The van der Waals surface area contributed by atoms with Gasteiger partial charge in [0.25, 0.3) is 0 Å². The van der Waals surface area contributed by atoms with Crippen LogP contribution in [-0.4, -0.2) is 10.8 Å². The highest BCUT2D eigenvalue weighted by Gasteiger charge is 2.26. The molecule has 0 aromatic rings. The van der Waals surface area contributed by atoms with Crippen LogP contribution in [0.2, 0.25) is 0 Å². The molecule has 0 saturated carbocycles. The lowest BCUT2D eigenvalue weighted by Gasteiger charge is -2.15. The molecular formula is C6H12ClNO. The van der Waals surface area contributed by atoms with Crippen LogP contribution >= 0.6 is 11.6 Å². The van der Waals surface area contributed by atoms with Crippen LogP contribution in [-0.2, 0) is 4.79 Å². The number of carbonyl (C=O) groups excluding carboxylic acids is 1. The molecule has 0 rings (SSSR count). The van der Waals surface area contributed by atoms with Gasteiger partial charge in [-0.2, -0.15) is 0 Å². The topological polar surface area (TPSA) is 43.1 Å². The summed E-state index contributed by atoms with van der Waals surface area (Å²) in [6.45, 7) is 3.60. The maximum atomic E-state index is 10.5. The van der Waals surface area contributed by atoms with Crippen molar-refractivity contribution < 1.29 is 4.79 Å². The lowest BCUT2D eigenvalue weighted by molar-refractivity contribution is -0.120. The summed E-state index contributed by atoms with van der Waals surface area (Å²) in [6.07, 6.45) is 1.52. The number of amides is 1. The highest BCUT2D eigenvalue weighted by atomic mass is 35.5. The summed E-state index contributed by atoms with van der Waals surface area (Å²) in [5, 5.41) is 0. The molecule has 0 aliphatic carbocycles. The van der Waals surface area contributed by atoms with Gasteiger partial charge in [0.1, 0.15) is 4.87 Å². The zero-order valence-electron chi connectivity index (χ0n) is 5.78. The number of alkyl halides is 1. The highest BCUT2D eigenvalue weighted by Crippen LogP contribution is 2.19. The van der Waals surface area contributed by atoms with Crippen LogP contribution in [0, 0.1) is 0 Å². The molecule has 0 aromatic carbocycles. The first kappa shape index (κ1) is 8.76. The van der Waals surface area contributed by atoms with Crippen LogP contribution in [0.15, 0.2) is 0 Å². The van der Waals surface area contributed by atoms with E-state index in [2.05, 4.69) is 0 Å². The molecule has 0 heterocycles. The molecule has 0 aromatic heterocycles. The summed E-state index contributed by atoms with van der Waals surface area (Å²) in [6, 6.07) is 0. The third-order valence-corrected chi connectivity index (χ3v) is 1.61. The molecule has 1 amide bonds. The van der Waals surface area contributed by atoms with Crippen LogP contribution < -0.4 is 5.73 Å². The van der Waals surface area contributed by atoms with Crippen LogP contribution in [0.5, 0.6) is 0 Å². The van der Waals surface area contributed by atoms with E-state index >= 15 is 0 Å². The van der Waals surface area contributed by atoms with Gasteiger partial charge in [-0.25, -0.2) is 0 Å². The van der Waals surface area contributed by atoms with Crippen molar-refractivity contribution in [1.29, 1.82) is 0 Å². The Morgan fingerprint density at radius 3 is 2.33 bits per heavy atom. The van der Waals surface area contributed by atoms with Crippen LogP contribution in [0.4, 0.5) is 0 Å². The van der Waals surface area contributed by atoms with E-state index in [0.29, 0.717) is 6.42 Å². The van der Waals surface area contributed by atoms with E-state index in [1.165, 1.54) is 0 Å².